The third kappa shape index (κ3) is 6.09. The molecule has 0 fully saturated rings. The highest BCUT2D eigenvalue weighted by Crippen LogP contribution is 2.36. The fraction of sp³-hybridized carbons (Fsp3) is 0.500. The summed E-state index contributed by atoms with van der Waals surface area (Å²) in [6.45, 7) is 8.74. The Morgan fingerprint density at radius 2 is 1.62 bits per heavy atom. The molecule has 1 N–H and O–H groups in total. The lowest BCUT2D eigenvalue weighted by Gasteiger charge is -2.23. The van der Waals surface area contributed by atoms with E-state index in [-0.39, 0.29) is 23.6 Å². The summed E-state index contributed by atoms with van der Waals surface area (Å²) < 4.78 is 5.46. The van der Waals surface area contributed by atoms with Gasteiger partial charge in [0.1, 0.15) is 22.5 Å². The zero-order valence-corrected chi connectivity index (χ0v) is 19.7. The number of fused-ring (bicyclic) bond motifs is 1. The second kappa shape index (κ2) is 10.6. The third-order valence-corrected chi connectivity index (χ3v) is 5.57. The van der Waals surface area contributed by atoms with Crippen LogP contribution in [0.2, 0.25) is 0 Å². The maximum absolute atomic E-state index is 12.5. The van der Waals surface area contributed by atoms with Gasteiger partial charge in [0.2, 0.25) is 0 Å². The Hall–Kier alpha value is -2.89. The maximum Gasteiger partial charge on any atom is 0.310 e. The molecule has 32 heavy (non-hydrogen) atoms. The van der Waals surface area contributed by atoms with Gasteiger partial charge in [0.25, 0.3) is 0 Å². The molecular weight excluding hydrogens is 402 g/mol. The van der Waals surface area contributed by atoms with Gasteiger partial charge in [0.15, 0.2) is 0 Å². The molecule has 172 valence electrons. The van der Waals surface area contributed by atoms with Crippen molar-refractivity contribution in [3.63, 3.8) is 0 Å². The van der Waals surface area contributed by atoms with E-state index in [0.29, 0.717) is 12.3 Å². The molecule has 6 heteroatoms. The second-order valence-corrected chi connectivity index (χ2v) is 9.40. The van der Waals surface area contributed by atoms with E-state index in [1.54, 1.807) is 6.07 Å². The van der Waals surface area contributed by atoms with Crippen LogP contribution in [0.4, 0.5) is 0 Å². The number of benzene rings is 2. The molecule has 0 bridgehead atoms. The first-order valence-electron chi connectivity index (χ1n) is 11.6. The van der Waals surface area contributed by atoms with Crippen LogP contribution in [0.5, 0.6) is 5.75 Å². The van der Waals surface area contributed by atoms with Crippen molar-refractivity contribution in [2.75, 3.05) is 6.61 Å². The normalized spacial score (nSPS) is 11.8. The molecule has 1 heterocycles. The van der Waals surface area contributed by atoms with Crippen molar-refractivity contribution in [3.8, 4) is 11.4 Å². The summed E-state index contributed by atoms with van der Waals surface area (Å²) in [4.78, 5) is 13.9. The van der Waals surface area contributed by atoms with Crippen LogP contribution in [0.15, 0.2) is 36.4 Å². The van der Waals surface area contributed by atoms with Gasteiger partial charge in [-0.15, -0.1) is 15.0 Å². The molecule has 3 rings (SSSR count). The van der Waals surface area contributed by atoms with E-state index in [0.717, 1.165) is 35.0 Å². The van der Waals surface area contributed by atoms with E-state index < -0.39 is 0 Å². The molecule has 0 spiro atoms. The van der Waals surface area contributed by atoms with Gasteiger partial charge in [-0.1, -0.05) is 78.0 Å². The van der Waals surface area contributed by atoms with Crippen LogP contribution in [-0.4, -0.2) is 32.7 Å². The second-order valence-electron chi connectivity index (χ2n) is 9.40. The van der Waals surface area contributed by atoms with Crippen LogP contribution < -0.4 is 0 Å². The lowest BCUT2D eigenvalue weighted by molar-refractivity contribution is -0.142. The van der Waals surface area contributed by atoms with Gasteiger partial charge in [0, 0.05) is 5.56 Å². The average molecular weight is 438 g/mol. The Labute approximate surface area is 190 Å². The third-order valence-electron chi connectivity index (χ3n) is 5.57. The van der Waals surface area contributed by atoms with E-state index in [1.165, 1.54) is 30.5 Å². The average Bonchev–Trinajstić information content (AvgIpc) is 3.17. The zero-order valence-electron chi connectivity index (χ0n) is 19.7. The highest BCUT2D eigenvalue weighted by molar-refractivity contribution is 5.75. The molecule has 0 radical (unpaired) electrons. The van der Waals surface area contributed by atoms with Crippen molar-refractivity contribution >= 4 is 17.0 Å². The molecule has 0 saturated carbocycles. The van der Waals surface area contributed by atoms with Crippen molar-refractivity contribution in [1.82, 2.24) is 15.0 Å². The summed E-state index contributed by atoms with van der Waals surface area (Å²) in [5, 5.41) is 20.0. The Kier molecular flexibility index (Phi) is 7.89. The van der Waals surface area contributed by atoms with Gasteiger partial charge in [-0.05, 0) is 35.6 Å². The van der Waals surface area contributed by atoms with Crippen molar-refractivity contribution in [1.29, 1.82) is 0 Å². The Bertz CT molecular complexity index is 1020. The molecule has 0 aliphatic heterocycles. The summed E-state index contributed by atoms with van der Waals surface area (Å²) in [6, 6.07) is 11.2. The van der Waals surface area contributed by atoms with Crippen LogP contribution in [0.25, 0.3) is 16.7 Å². The van der Waals surface area contributed by atoms with Gasteiger partial charge in [0.05, 0.1) is 13.0 Å². The molecule has 0 saturated heterocycles. The molecule has 0 aliphatic rings. The van der Waals surface area contributed by atoms with Crippen molar-refractivity contribution in [2.24, 2.45) is 0 Å². The summed E-state index contributed by atoms with van der Waals surface area (Å²) >= 11 is 0. The summed E-state index contributed by atoms with van der Waals surface area (Å²) in [7, 11) is 0. The highest BCUT2D eigenvalue weighted by atomic mass is 16.5. The van der Waals surface area contributed by atoms with E-state index in [4.69, 9.17) is 4.74 Å². The number of aromatic hydroxyl groups is 1. The predicted molar refractivity (Wildman–Crippen MR) is 127 cm³/mol. The number of nitrogens with zero attached hydrogens (tertiary/aromatic N) is 3. The number of rotatable bonds is 10. The lowest BCUT2D eigenvalue weighted by atomic mass is 9.84. The minimum absolute atomic E-state index is 0.127. The summed E-state index contributed by atoms with van der Waals surface area (Å²) in [6.07, 6.45) is 7.05. The Morgan fingerprint density at radius 1 is 1.00 bits per heavy atom. The fourth-order valence-electron chi connectivity index (χ4n) is 3.76. The number of aromatic nitrogens is 3. The fourth-order valence-corrected chi connectivity index (χ4v) is 3.76. The van der Waals surface area contributed by atoms with E-state index in [9.17, 15) is 9.90 Å². The number of hydrogen-bond donors (Lipinski definition) is 1. The van der Waals surface area contributed by atoms with E-state index >= 15 is 0 Å². The van der Waals surface area contributed by atoms with Crippen molar-refractivity contribution < 1.29 is 14.6 Å². The quantitative estimate of drug-likeness (QED) is 0.317. The predicted octanol–water partition coefficient (Wildman–Crippen LogP) is 5.87. The smallest absolute Gasteiger partial charge is 0.310 e. The number of unbranched alkanes of at least 4 members (excludes halogenated alkanes) is 5. The van der Waals surface area contributed by atoms with Crippen molar-refractivity contribution in [3.05, 3.63) is 47.5 Å². The van der Waals surface area contributed by atoms with Crippen molar-refractivity contribution in [2.45, 2.75) is 78.1 Å². The summed E-state index contributed by atoms with van der Waals surface area (Å²) in [5.41, 5.74) is 3.16. The molecular formula is C26H35N3O3. The van der Waals surface area contributed by atoms with Crippen LogP contribution in [-0.2, 0) is 21.4 Å². The molecule has 0 atom stereocenters. The lowest BCUT2D eigenvalue weighted by Crippen LogP contribution is -2.15. The number of ether oxygens (including phenoxy) is 1. The minimum Gasteiger partial charge on any atom is -0.505 e. The van der Waals surface area contributed by atoms with Gasteiger partial charge in [-0.25, -0.2) is 0 Å². The number of carbonyl (C=O) groups excluding carboxylic acids is 1. The minimum atomic E-state index is -0.316. The molecule has 6 nitrogen and oxygen atoms in total. The number of phenols is 1. The first-order chi connectivity index (χ1) is 15.3. The zero-order chi connectivity index (χ0) is 23.1. The molecule has 2 aromatic carbocycles. The Morgan fingerprint density at radius 3 is 2.25 bits per heavy atom. The maximum atomic E-state index is 12.5. The monoisotopic (exact) mass is 437 g/mol. The number of esters is 1. The van der Waals surface area contributed by atoms with Gasteiger partial charge < -0.3 is 9.84 Å². The van der Waals surface area contributed by atoms with Crippen LogP contribution >= 0.6 is 0 Å². The molecule has 3 aromatic rings. The largest absolute Gasteiger partial charge is 0.505 e. The summed E-state index contributed by atoms with van der Waals surface area (Å²) in [5.74, 6) is -0.129. The molecule has 0 amide bonds. The number of carbonyl (C=O) groups is 1. The van der Waals surface area contributed by atoms with E-state index in [1.807, 2.05) is 51.1 Å². The Balaban J connectivity index is 1.76. The molecule has 1 aromatic heterocycles. The first-order valence-corrected chi connectivity index (χ1v) is 11.6. The van der Waals surface area contributed by atoms with Crippen LogP contribution in [0, 0.1) is 0 Å². The van der Waals surface area contributed by atoms with Gasteiger partial charge in [-0.3, -0.25) is 4.79 Å². The van der Waals surface area contributed by atoms with E-state index in [2.05, 4.69) is 17.1 Å². The molecule has 0 aliphatic carbocycles. The van der Waals surface area contributed by atoms with Crippen LogP contribution in [0.3, 0.4) is 0 Å². The molecule has 0 unspecified atom stereocenters. The van der Waals surface area contributed by atoms with Crippen LogP contribution in [0.1, 0.15) is 77.3 Å². The highest BCUT2D eigenvalue weighted by Gasteiger charge is 2.24. The topological polar surface area (TPSA) is 77.2 Å². The first kappa shape index (κ1) is 23.8. The number of hydrogen-bond acceptors (Lipinski definition) is 5. The standard InChI is InChI=1S/C26H35N3O3/c1-5-6-7-8-9-12-15-32-24(30)18-19-16-20(26(2,3)4)25(31)23(17-19)29-27-21-13-10-11-14-22(21)28-29/h10-11,13-14,16-17,31H,5-9,12,15,18H2,1-4H3. The SMILES string of the molecule is CCCCCCCCOC(=O)Cc1cc(-n2nc3ccccc3n2)c(O)c(C(C)(C)C)c1. The van der Waals surface area contributed by atoms with Gasteiger partial charge >= 0.3 is 5.97 Å². The van der Waals surface area contributed by atoms with Gasteiger partial charge in [-0.2, -0.15) is 0 Å². The number of phenolic OH excluding ortho intramolecular Hbond substituents is 1.